The summed E-state index contributed by atoms with van der Waals surface area (Å²) in [6.45, 7) is -0.962. The first-order valence-electron chi connectivity index (χ1n) is 20.8. The van der Waals surface area contributed by atoms with E-state index < -0.39 is 65.0 Å². The Morgan fingerprint density at radius 1 is 0.437 bits per heavy atom. The Hall–Kier alpha value is -7.64. The molecule has 0 radical (unpaired) electrons. The monoisotopic (exact) mass is 1010 g/mol. The molecule has 0 bridgehead atoms. The molecule has 0 spiro atoms. The van der Waals surface area contributed by atoms with Crippen molar-refractivity contribution in [2.75, 3.05) is 7.11 Å². The Morgan fingerprint density at radius 3 is 1.11 bits per heavy atom. The smallest absolute Gasteiger partial charge is 0.416 e. The zero-order valence-electron chi connectivity index (χ0n) is 36.8. The SMILES string of the molecule is COC(=O)[C@@H](Cc1ccc(OCc2ccc(C(F)(F)F)cc2)c(OCc2ccc(C(F)(F)F)cc2)c1)OC(=O)/C=C/c1ccc(OCc2ccc(C(F)(F)F)cc2)c(OCc2ccc(C(F)(F)F)cc2)c1. The van der Waals surface area contributed by atoms with Crippen molar-refractivity contribution < 1.29 is 90.7 Å². The third-order valence-electron chi connectivity index (χ3n) is 10.2. The van der Waals surface area contributed by atoms with Crippen LogP contribution < -0.4 is 18.9 Å². The Labute approximate surface area is 396 Å². The lowest BCUT2D eigenvalue weighted by molar-refractivity contribution is -0.162. The van der Waals surface area contributed by atoms with Crippen LogP contribution >= 0.6 is 0 Å². The van der Waals surface area contributed by atoms with Crippen LogP contribution in [0.1, 0.15) is 55.6 Å². The van der Waals surface area contributed by atoms with Crippen molar-refractivity contribution in [2.45, 2.75) is 63.7 Å². The van der Waals surface area contributed by atoms with E-state index in [-0.39, 0.29) is 55.8 Å². The molecule has 6 aromatic carbocycles. The van der Waals surface area contributed by atoms with Crippen molar-refractivity contribution in [3.63, 3.8) is 0 Å². The summed E-state index contributed by atoms with van der Waals surface area (Å²) >= 11 is 0. The van der Waals surface area contributed by atoms with E-state index in [0.717, 1.165) is 61.7 Å². The first kappa shape index (κ1) is 52.7. The molecule has 6 rings (SSSR count). The summed E-state index contributed by atoms with van der Waals surface area (Å²) in [6, 6.07) is 25.2. The third kappa shape index (κ3) is 15.4. The number of alkyl halides is 12. The van der Waals surface area contributed by atoms with Crippen molar-refractivity contribution in [3.8, 4) is 23.0 Å². The van der Waals surface area contributed by atoms with Gasteiger partial charge in [-0.05, 0) is 112 Å². The average molecular weight is 1010 g/mol. The van der Waals surface area contributed by atoms with E-state index in [1.807, 2.05) is 0 Å². The fourth-order valence-corrected chi connectivity index (χ4v) is 6.44. The van der Waals surface area contributed by atoms with Crippen LogP contribution in [0.15, 0.2) is 140 Å². The highest BCUT2D eigenvalue weighted by molar-refractivity contribution is 5.89. The van der Waals surface area contributed by atoms with Gasteiger partial charge in [-0.15, -0.1) is 0 Å². The maximum atomic E-state index is 13.2. The molecule has 0 saturated heterocycles. The number of carbonyl (C=O) groups is 2. The van der Waals surface area contributed by atoms with Crippen molar-refractivity contribution >= 4 is 18.0 Å². The predicted octanol–water partition coefficient (Wildman–Crippen LogP) is 13.4. The van der Waals surface area contributed by atoms with Crippen LogP contribution in [0, 0.1) is 0 Å². The van der Waals surface area contributed by atoms with Crippen LogP contribution in [-0.4, -0.2) is 25.2 Å². The van der Waals surface area contributed by atoms with Gasteiger partial charge in [0.2, 0.25) is 6.10 Å². The van der Waals surface area contributed by atoms with E-state index in [1.165, 1.54) is 91.0 Å². The summed E-state index contributed by atoms with van der Waals surface area (Å²) in [5.41, 5.74) is -1.55. The molecule has 0 aliphatic heterocycles. The van der Waals surface area contributed by atoms with Gasteiger partial charge in [0.15, 0.2) is 23.0 Å². The van der Waals surface area contributed by atoms with Gasteiger partial charge in [-0.1, -0.05) is 60.7 Å². The van der Waals surface area contributed by atoms with Gasteiger partial charge in [0.25, 0.3) is 0 Å². The second-order valence-corrected chi connectivity index (χ2v) is 15.4. The minimum atomic E-state index is -4.59. The fraction of sp³-hybridized carbons (Fsp3) is 0.216. The van der Waals surface area contributed by atoms with Crippen molar-refractivity contribution in [2.24, 2.45) is 0 Å². The number of methoxy groups -OCH3 is 1. The van der Waals surface area contributed by atoms with Gasteiger partial charge in [0.05, 0.1) is 29.4 Å². The van der Waals surface area contributed by atoms with Crippen molar-refractivity contribution in [1.82, 2.24) is 0 Å². The molecule has 71 heavy (non-hydrogen) atoms. The van der Waals surface area contributed by atoms with Gasteiger partial charge < -0.3 is 28.4 Å². The van der Waals surface area contributed by atoms with E-state index in [4.69, 9.17) is 28.4 Å². The molecule has 20 heteroatoms. The molecule has 0 aliphatic rings. The summed E-state index contributed by atoms with van der Waals surface area (Å²) < 4.78 is 191. The maximum Gasteiger partial charge on any atom is 0.416 e. The van der Waals surface area contributed by atoms with Gasteiger partial charge in [0.1, 0.15) is 26.4 Å². The first-order valence-corrected chi connectivity index (χ1v) is 20.8. The molecule has 0 aromatic heterocycles. The molecule has 374 valence electrons. The molecule has 0 saturated carbocycles. The molecule has 0 N–H and O–H groups in total. The lowest BCUT2D eigenvalue weighted by Crippen LogP contribution is -2.30. The topological polar surface area (TPSA) is 89.5 Å². The highest BCUT2D eigenvalue weighted by Gasteiger charge is 2.33. The number of hydrogen-bond donors (Lipinski definition) is 0. The normalized spacial score (nSPS) is 12.6. The lowest BCUT2D eigenvalue weighted by atomic mass is 10.1. The van der Waals surface area contributed by atoms with Crippen LogP contribution in [0.2, 0.25) is 0 Å². The van der Waals surface area contributed by atoms with Crippen LogP contribution in [0.25, 0.3) is 6.08 Å². The summed E-state index contributed by atoms with van der Waals surface area (Å²) in [4.78, 5) is 26.1. The minimum absolute atomic E-state index is 0.00674. The molecule has 8 nitrogen and oxygen atoms in total. The summed E-state index contributed by atoms with van der Waals surface area (Å²) in [5.74, 6) is -1.83. The van der Waals surface area contributed by atoms with Crippen molar-refractivity contribution in [1.29, 1.82) is 0 Å². The number of hydrogen-bond acceptors (Lipinski definition) is 8. The average Bonchev–Trinajstić information content (AvgIpc) is 3.32. The Morgan fingerprint density at radius 2 is 0.761 bits per heavy atom. The van der Waals surface area contributed by atoms with Crippen LogP contribution in [-0.2, 0) is 76.6 Å². The Bertz CT molecular complexity index is 2760. The minimum Gasteiger partial charge on any atom is -0.485 e. The predicted molar refractivity (Wildman–Crippen MR) is 231 cm³/mol. The second-order valence-electron chi connectivity index (χ2n) is 15.4. The Kier molecular flexibility index (Phi) is 16.6. The molecule has 0 heterocycles. The molecular formula is C51H38F12O8. The first-order chi connectivity index (χ1) is 33.4. The molecule has 1 atom stereocenters. The second kappa shape index (κ2) is 22.4. The Balaban J connectivity index is 1.18. The number of ether oxygens (including phenoxy) is 6. The zero-order valence-corrected chi connectivity index (χ0v) is 36.8. The largest absolute Gasteiger partial charge is 0.485 e. The molecule has 6 aromatic rings. The highest BCUT2D eigenvalue weighted by Crippen LogP contribution is 2.36. The van der Waals surface area contributed by atoms with Gasteiger partial charge in [-0.3, -0.25) is 0 Å². The standard InChI is InChI=1S/C51H38F12O8/c1-66-47(65)45(26-36-11-22-42(68-28-33-4-15-38(16-5-33)49(55,56)57)44(25-36)70-30-35-8-19-40(20-9-35)51(61,62)63)71-46(64)23-12-31-10-21-41(67-27-32-2-13-37(14-3-32)48(52,53)54)43(24-31)69-29-34-6-17-39(18-7-34)50(58,59)60/h2-25,45H,26-30H2,1H3/b23-12+/t45-/m1/s1. The van der Waals surface area contributed by atoms with Gasteiger partial charge in [0, 0.05) is 12.5 Å². The third-order valence-corrected chi connectivity index (χ3v) is 10.2. The molecule has 0 aliphatic carbocycles. The number of esters is 2. The molecule has 0 unspecified atom stereocenters. The number of rotatable bonds is 18. The zero-order chi connectivity index (χ0) is 51.6. The summed E-state index contributed by atoms with van der Waals surface area (Å²) in [7, 11) is 1.04. The van der Waals surface area contributed by atoms with Gasteiger partial charge in [-0.2, -0.15) is 52.7 Å². The number of halogens is 12. The van der Waals surface area contributed by atoms with E-state index in [1.54, 1.807) is 0 Å². The van der Waals surface area contributed by atoms with Gasteiger partial charge in [-0.25, -0.2) is 9.59 Å². The van der Waals surface area contributed by atoms with Crippen LogP contribution in [0.5, 0.6) is 23.0 Å². The van der Waals surface area contributed by atoms with E-state index in [9.17, 15) is 62.3 Å². The summed E-state index contributed by atoms with van der Waals surface area (Å²) in [6.07, 6.45) is -17.9. The lowest BCUT2D eigenvalue weighted by Gasteiger charge is -2.18. The maximum absolute atomic E-state index is 13.2. The molecular weight excluding hydrogens is 969 g/mol. The molecule has 0 amide bonds. The van der Waals surface area contributed by atoms with Gasteiger partial charge >= 0.3 is 36.6 Å². The van der Waals surface area contributed by atoms with Crippen LogP contribution in [0.4, 0.5) is 52.7 Å². The molecule has 0 fully saturated rings. The summed E-state index contributed by atoms with van der Waals surface area (Å²) in [5, 5.41) is 0. The number of carbonyl (C=O) groups excluding carboxylic acids is 2. The van der Waals surface area contributed by atoms with Crippen LogP contribution in [0.3, 0.4) is 0 Å². The van der Waals surface area contributed by atoms with Crippen molar-refractivity contribution in [3.05, 3.63) is 195 Å². The van der Waals surface area contributed by atoms with E-state index in [2.05, 4.69) is 0 Å². The fourth-order valence-electron chi connectivity index (χ4n) is 6.44. The highest BCUT2D eigenvalue weighted by atomic mass is 19.4. The van der Waals surface area contributed by atoms with E-state index >= 15 is 0 Å². The number of benzene rings is 6. The quantitative estimate of drug-likeness (QED) is 0.0478. The van der Waals surface area contributed by atoms with E-state index in [0.29, 0.717) is 33.4 Å².